The first-order valence-electron chi connectivity index (χ1n) is 7.22. The highest BCUT2D eigenvalue weighted by Crippen LogP contribution is 2.33. The van der Waals surface area contributed by atoms with E-state index in [1.54, 1.807) is 6.20 Å². The van der Waals surface area contributed by atoms with Gasteiger partial charge in [0.25, 0.3) is 0 Å². The van der Waals surface area contributed by atoms with Gasteiger partial charge in [-0.05, 0) is 51.8 Å². The maximum absolute atomic E-state index is 5.93. The fourth-order valence-electron chi connectivity index (χ4n) is 2.14. The number of nitrogens with zero attached hydrogens (tertiary/aromatic N) is 2. The number of rotatable bonds is 1. The van der Waals surface area contributed by atoms with E-state index in [9.17, 15) is 0 Å². The third-order valence-corrected chi connectivity index (χ3v) is 3.77. The van der Waals surface area contributed by atoms with Crippen molar-refractivity contribution in [3.63, 3.8) is 0 Å². The summed E-state index contributed by atoms with van der Waals surface area (Å²) < 4.78 is 0. The Balaban J connectivity index is 2.66. The lowest BCUT2D eigenvalue weighted by atomic mass is 9.79. The third-order valence-electron chi connectivity index (χ3n) is 3.59. The smallest absolute Gasteiger partial charge is 0.222 e. The summed E-state index contributed by atoms with van der Waals surface area (Å²) in [6.45, 7) is 13.4. The Labute approximate surface area is 132 Å². The normalized spacial score (nSPS) is 12.5. The highest BCUT2D eigenvalue weighted by atomic mass is 35.5. The molecule has 0 bridgehead atoms. The topological polar surface area (TPSA) is 25.8 Å². The summed E-state index contributed by atoms with van der Waals surface area (Å²) in [5.74, 6) is 0. The first kappa shape index (κ1) is 16.0. The molecule has 0 saturated heterocycles. The number of hydrogen-bond acceptors (Lipinski definition) is 2. The van der Waals surface area contributed by atoms with Gasteiger partial charge in [-0.1, -0.05) is 47.6 Å². The van der Waals surface area contributed by atoms with Crippen LogP contribution in [0.25, 0.3) is 11.3 Å². The summed E-state index contributed by atoms with van der Waals surface area (Å²) in [5, 5.41) is 0.283. The van der Waals surface area contributed by atoms with Crippen molar-refractivity contribution in [1.82, 2.24) is 9.97 Å². The van der Waals surface area contributed by atoms with Crippen LogP contribution >= 0.6 is 11.6 Å². The molecule has 2 rings (SSSR count). The molecule has 0 saturated carbocycles. The van der Waals surface area contributed by atoms with E-state index >= 15 is 0 Å². The second kappa shape index (κ2) is 5.42. The highest BCUT2D eigenvalue weighted by Gasteiger charge is 2.21. The van der Waals surface area contributed by atoms with Crippen LogP contribution in [0.2, 0.25) is 5.28 Å². The summed E-state index contributed by atoms with van der Waals surface area (Å²) >= 11 is 5.93. The molecule has 0 fully saturated rings. The Hall–Kier alpha value is -1.41. The molecule has 0 spiro atoms. The molecule has 21 heavy (non-hydrogen) atoms. The molecular weight excluding hydrogens is 280 g/mol. The van der Waals surface area contributed by atoms with Crippen LogP contribution in [0.1, 0.15) is 52.7 Å². The molecule has 1 aromatic carbocycles. The fourth-order valence-corrected chi connectivity index (χ4v) is 2.28. The van der Waals surface area contributed by atoms with Crippen molar-refractivity contribution < 1.29 is 0 Å². The van der Waals surface area contributed by atoms with E-state index in [-0.39, 0.29) is 16.1 Å². The van der Waals surface area contributed by atoms with Crippen molar-refractivity contribution in [3.05, 3.63) is 46.9 Å². The number of hydrogen-bond donors (Lipinski definition) is 0. The van der Waals surface area contributed by atoms with Gasteiger partial charge < -0.3 is 0 Å². The SMILES string of the molecule is CC(C)(C)c1cc(-c2ccnc(Cl)n2)cc(C(C)(C)C)c1. The Kier molecular flexibility index (Phi) is 4.12. The third kappa shape index (κ3) is 3.82. The standard InChI is InChI=1S/C18H23ClN2/c1-17(2,3)13-9-12(10-14(11-13)18(4,5)6)15-7-8-20-16(19)21-15/h7-11H,1-6H3. The molecule has 0 amide bonds. The van der Waals surface area contributed by atoms with E-state index in [0.717, 1.165) is 11.3 Å². The summed E-state index contributed by atoms with van der Waals surface area (Å²) in [4.78, 5) is 8.31. The Morgan fingerprint density at radius 3 is 1.81 bits per heavy atom. The fraction of sp³-hybridized carbons (Fsp3) is 0.444. The zero-order chi connectivity index (χ0) is 15.8. The van der Waals surface area contributed by atoms with Gasteiger partial charge in [0, 0.05) is 11.8 Å². The van der Waals surface area contributed by atoms with Crippen LogP contribution < -0.4 is 0 Å². The molecule has 0 aliphatic rings. The second-order valence-electron chi connectivity index (χ2n) is 7.51. The van der Waals surface area contributed by atoms with Crippen LogP contribution in [0.3, 0.4) is 0 Å². The average Bonchev–Trinajstić information content (AvgIpc) is 2.36. The minimum Gasteiger partial charge on any atom is -0.226 e. The Morgan fingerprint density at radius 1 is 0.857 bits per heavy atom. The van der Waals surface area contributed by atoms with Gasteiger partial charge in [0.1, 0.15) is 0 Å². The van der Waals surface area contributed by atoms with Crippen LogP contribution in [0.5, 0.6) is 0 Å². The van der Waals surface area contributed by atoms with Crippen LogP contribution in [0.4, 0.5) is 0 Å². The van der Waals surface area contributed by atoms with Gasteiger partial charge in [0.15, 0.2) is 0 Å². The molecule has 0 N–H and O–H groups in total. The van der Waals surface area contributed by atoms with Gasteiger partial charge in [-0.2, -0.15) is 0 Å². The van der Waals surface area contributed by atoms with Crippen molar-refractivity contribution >= 4 is 11.6 Å². The first-order chi connectivity index (χ1) is 9.57. The summed E-state index contributed by atoms with van der Waals surface area (Å²) in [6, 6.07) is 8.61. The zero-order valence-electron chi connectivity index (χ0n) is 13.7. The molecule has 2 nitrogen and oxygen atoms in total. The lowest BCUT2D eigenvalue weighted by Gasteiger charge is -2.26. The molecule has 0 unspecified atom stereocenters. The molecular formula is C18H23ClN2. The predicted octanol–water partition coefficient (Wildman–Crippen LogP) is 5.39. The minimum atomic E-state index is 0.0901. The molecule has 3 heteroatoms. The lowest BCUT2D eigenvalue weighted by Crippen LogP contribution is -2.16. The van der Waals surface area contributed by atoms with Gasteiger partial charge >= 0.3 is 0 Å². The highest BCUT2D eigenvalue weighted by molar-refractivity contribution is 6.28. The van der Waals surface area contributed by atoms with E-state index in [1.807, 2.05) is 6.07 Å². The maximum atomic E-state index is 5.93. The second-order valence-corrected chi connectivity index (χ2v) is 7.85. The van der Waals surface area contributed by atoms with Crippen molar-refractivity contribution in [2.24, 2.45) is 0 Å². The van der Waals surface area contributed by atoms with Crippen LogP contribution in [-0.2, 0) is 10.8 Å². The molecule has 112 valence electrons. The first-order valence-corrected chi connectivity index (χ1v) is 7.60. The van der Waals surface area contributed by atoms with Crippen molar-refractivity contribution in [2.45, 2.75) is 52.4 Å². The molecule has 0 radical (unpaired) electrons. The molecule has 0 aliphatic heterocycles. The predicted molar refractivity (Wildman–Crippen MR) is 89.9 cm³/mol. The van der Waals surface area contributed by atoms with Crippen LogP contribution in [0, 0.1) is 0 Å². The molecule has 2 aromatic rings. The van der Waals surface area contributed by atoms with Crippen molar-refractivity contribution in [3.8, 4) is 11.3 Å². The Morgan fingerprint density at radius 2 is 1.38 bits per heavy atom. The van der Waals surface area contributed by atoms with E-state index < -0.39 is 0 Å². The van der Waals surface area contributed by atoms with E-state index in [0.29, 0.717) is 0 Å². The van der Waals surface area contributed by atoms with E-state index in [1.165, 1.54) is 11.1 Å². The maximum Gasteiger partial charge on any atom is 0.222 e. The quantitative estimate of drug-likeness (QED) is 0.660. The monoisotopic (exact) mass is 302 g/mol. The molecule has 1 heterocycles. The zero-order valence-corrected chi connectivity index (χ0v) is 14.4. The number of aromatic nitrogens is 2. The van der Waals surface area contributed by atoms with Gasteiger partial charge in [-0.3, -0.25) is 0 Å². The summed E-state index contributed by atoms with van der Waals surface area (Å²) in [6.07, 6.45) is 1.70. The minimum absolute atomic E-state index is 0.0901. The summed E-state index contributed by atoms with van der Waals surface area (Å²) in [5.41, 5.74) is 4.75. The average molecular weight is 303 g/mol. The summed E-state index contributed by atoms with van der Waals surface area (Å²) in [7, 11) is 0. The Bertz CT molecular complexity index is 617. The van der Waals surface area contributed by atoms with Gasteiger partial charge in [-0.15, -0.1) is 0 Å². The number of benzene rings is 1. The van der Waals surface area contributed by atoms with Crippen LogP contribution in [0.15, 0.2) is 30.5 Å². The van der Waals surface area contributed by atoms with Gasteiger partial charge in [-0.25, -0.2) is 9.97 Å². The van der Waals surface area contributed by atoms with Gasteiger partial charge in [0.05, 0.1) is 5.69 Å². The van der Waals surface area contributed by atoms with Crippen molar-refractivity contribution in [1.29, 1.82) is 0 Å². The lowest BCUT2D eigenvalue weighted by molar-refractivity contribution is 0.569. The molecule has 0 atom stereocenters. The van der Waals surface area contributed by atoms with E-state index in [4.69, 9.17) is 11.6 Å². The van der Waals surface area contributed by atoms with Crippen LogP contribution in [-0.4, -0.2) is 9.97 Å². The largest absolute Gasteiger partial charge is 0.226 e. The number of halogens is 1. The van der Waals surface area contributed by atoms with Gasteiger partial charge in [0.2, 0.25) is 5.28 Å². The molecule has 0 aliphatic carbocycles. The van der Waals surface area contributed by atoms with E-state index in [2.05, 4.69) is 69.7 Å². The van der Waals surface area contributed by atoms with Crippen molar-refractivity contribution in [2.75, 3.05) is 0 Å². The molecule has 1 aromatic heterocycles.